The largest absolute Gasteiger partial charge is 0.371 e. The van der Waals surface area contributed by atoms with Crippen LogP contribution in [0.3, 0.4) is 0 Å². The molecule has 0 atom stereocenters. The normalized spacial score (nSPS) is 16.7. The summed E-state index contributed by atoms with van der Waals surface area (Å²) < 4.78 is 0. The number of rotatable bonds is 4. The number of hydrogen-bond donors (Lipinski definition) is 1. The van der Waals surface area contributed by atoms with E-state index in [2.05, 4.69) is 50.9 Å². The number of thiazole rings is 1. The van der Waals surface area contributed by atoms with Crippen LogP contribution in [0, 0.1) is 0 Å². The highest BCUT2D eigenvalue weighted by Crippen LogP contribution is 2.19. The number of anilines is 1. The van der Waals surface area contributed by atoms with Crippen LogP contribution < -0.4 is 10.2 Å². The van der Waals surface area contributed by atoms with Gasteiger partial charge in [-0.1, -0.05) is 18.2 Å². The standard InChI is InChI=1S/C15H19N3S/c1-2-4-15(5-3-1)18-8-6-13(7-9-18)16-10-14-11-19-12-17-14/h1-5,11-13,16H,6-10H2. The van der Waals surface area contributed by atoms with E-state index in [1.165, 1.54) is 18.5 Å². The van der Waals surface area contributed by atoms with Gasteiger partial charge in [0.1, 0.15) is 0 Å². The van der Waals surface area contributed by atoms with E-state index in [4.69, 9.17) is 0 Å². The van der Waals surface area contributed by atoms with Gasteiger partial charge < -0.3 is 10.2 Å². The lowest BCUT2D eigenvalue weighted by Gasteiger charge is -2.34. The summed E-state index contributed by atoms with van der Waals surface area (Å²) in [5.74, 6) is 0. The van der Waals surface area contributed by atoms with Crippen LogP contribution in [0.4, 0.5) is 5.69 Å². The molecule has 4 heteroatoms. The van der Waals surface area contributed by atoms with Crippen molar-refractivity contribution in [1.82, 2.24) is 10.3 Å². The van der Waals surface area contributed by atoms with Crippen molar-refractivity contribution in [3.8, 4) is 0 Å². The van der Waals surface area contributed by atoms with E-state index >= 15 is 0 Å². The van der Waals surface area contributed by atoms with Gasteiger partial charge in [-0.05, 0) is 25.0 Å². The maximum atomic E-state index is 4.31. The summed E-state index contributed by atoms with van der Waals surface area (Å²) in [6, 6.07) is 11.3. The molecule has 1 aliphatic rings. The molecule has 1 aliphatic heterocycles. The highest BCUT2D eigenvalue weighted by atomic mass is 32.1. The molecule has 0 amide bonds. The lowest BCUT2D eigenvalue weighted by atomic mass is 10.0. The van der Waals surface area contributed by atoms with Gasteiger partial charge in [0.25, 0.3) is 0 Å². The highest BCUT2D eigenvalue weighted by molar-refractivity contribution is 7.07. The Balaban J connectivity index is 1.47. The molecule has 1 aromatic heterocycles. The first-order valence-corrected chi connectivity index (χ1v) is 7.76. The maximum absolute atomic E-state index is 4.31. The zero-order valence-corrected chi connectivity index (χ0v) is 11.8. The third-order valence-corrected chi connectivity index (χ3v) is 4.31. The van der Waals surface area contributed by atoms with Crippen LogP contribution in [-0.2, 0) is 6.54 Å². The second-order valence-electron chi connectivity index (χ2n) is 4.96. The number of piperidine rings is 1. The van der Waals surface area contributed by atoms with Gasteiger partial charge in [-0.3, -0.25) is 0 Å². The number of nitrogens with one attached hydrogen (secondary N) is 1. The van der Waals surface area contributed by atoms with Crippen molar-refractivity contribution in [3.05, 3.63) is 46.9 Å². The van der Waals surface area contributed by atoms with Gasteiger partial charge in [0.15, 0.2) is 0 Å². The lowest BCUT2D eigenvalue weighted by Crippen LogP contribution is -2.42. The van der Waals surface area contributed by atoms with E-state index in [1.807, 2.05) is 5.51 Å². The quantitative estimate of drug-likeness (QED) is 0.928. The van der Waals surface area contributed by atoms with E-state index < -0.39 is 0 Å². The van der Waals surface area contributed by atoms with E-state index in [9.17, 15) is 0 Å². The molecule has 19 heavy (non-hydrogen) atoms. The molecule has 0 spiro atoms. The molecule has 2 heterocycles. The average molecular weight is 273 g/mol. The molecule has 1 aromatic carbocycles. The Kier molecular flexibility index (Phi) is 4.10. The maximum Gasteiger partial charge on any atom is 0.0795 e. The zero-order valence-electron chi connectivity index (χ0n) is 11.0. The molecule has 1 saturated heterocycles. The number of para-hydroxylation sites is 1. The monoisotopic (exact) mass is 273 g/mol. The number of benzene rings is 1. The van der Waals surface area contributed by atoms with Gasteiger partial charge in [-0.25, -0.2) is 4.98 Å². The van der Waals surface area contributed by atoms with Crippen LogP contribution in [0.15, 0.2) is 41.2 Å². The van der Waals surface area contributed by atoms with Crippen LogP contribution in [-0.4, -0.2) is 24.1 Å². The molecule has 1 N–H and O–H groups in total. The van der Waals surface area contributed by atoms with E-state index in [0.717, 1.165) is 25.3 Å². The van der Waals surface area contributed by atoms with Crippen molar-refractivity contribution in [3.63, 3.8) is 0 Å². The zero-order chi connectivity index (χ0) is 12.9. The fraction of sp³-hybridized carbons (Fsp3) is 0.400. The van der Waals surface area contributed by atoms with Crippen LogP contribution in [0.25, 0.3) is 0 Å². The molecular weight excluding hydrogens is 254 g/mol. The topological polar surface area (TPSA) is 28.2 Å². The predicted octanol–water partition coefficient (Wildman–Crippen LogP) is 2.90. The first kappa shape index (κ1) is 12.6. The first-order valence-electron chi connectivity index (χ1n) is 6.82. The second kappa shape index (κ2) is 6.17. The Morgan fingerprint density at radius 1 is 1.21 bits per heavy atom. The summed E-state index contributed by atoms with van der Waals surface area (Å²) in [6.45, 7) is 3.18. The molecule has 0 unspecified atom stereocenters. The highest BCUT2D eigenvalue weighted by Gasteiger charge is 2.18. The molecule has 0 radical (unpaired) electrons. The van der Waals surface area contributed by atoms with Gasteiger partial charge in [-0.2, -0.15) is 0 Å². The molecule has 0 bridgehead atoms. The van der Waals surface area contributed by atoms with Crippen molar-refractivity contribution >= 4 is 17.0 Å². The molecule has 100 valence electrons. The summed E-state index contributed by atoms with van der Waals surface area (Å²) in [5, 5.41) is 5.73. The SMILES string of the molecule is c1ccc(N2CCC(NCc3cscn3)CC2)cc1. The van der Waals surface area contributed by atoms with Crippen LogP contribution in [0.2, 0.25) is 0 Å². The minimum Gasteiger partial charge on any atom is -0.371 e. The van der Waals surface area contributed by atoms with Crippen molar-refractivity contribution in [2.75, 3.05) is 18.0 Å². The summed E-state index contributed by atoms with van der Waals surface area (Å²) in [6.07, 6.45) is 2.41. The number of nitrogens with zero attached hydrogens (tertiary/aromatic N) is 2. The van der Waals surface area contributed by atoms with Gasteiger partial charge >= 0.3 is 0 Å². The summed E-state index contributed by atoms with van der Waals surface area (Å²) in [4.78, 5) is 6.78. The van der Waals surface area contributed by atoms with E-state index in [0.29, 0.717) is 6.04 Å². The molecule has 3 nitrogen and oxygen atoms in total. The molecule has 1 fully saturated rings. The Labute approximate surface area is 118 Å². The second-order valence-corrected chi connectivity index (χ2v) is 5.68. The van der Waals surface area contributed by atoms with Crippen molar-refractivity contribution in [2.24, 2.45) is 0 Å². The van der Waals surface area contributed by atoms with Crippen molar-refractivity contribution in [1.29, 1.82) is 0 Å². The number of hydrogen-bond acceptors (Lipinski definition) is 4. The summed E-state index contributed by atoms with van der Waals surface area (Å²) in [7, 11) is 0. The Hall–Kier alpha value is -1.39. The van der Waals surface area contributed by atoms with Gasteiger partial charge in [0.2, 0.25) is 0 Å². The van der Waals surface area contributed by atoms with E-state index in [1.54, 1.807) is 11.3 Å². The van der Waals surface area contributed by atoms with Gasteiger partial charge in [0.05, 0.1) is 11.2 Å². The third-order valence-electron chi connectivity index (χ3n) is 3.67. The molecule has 2 aromatic rings. The lowest BCUT2D eigenvalue weighted by molar-refractivity contribution is 0.412. The first-order chi connectivity index (χ1) is 9.42. The van der Waals surface area contributed by atoms with Crippen molar-refractivity contribution < 1.29 is 0 Å². The molecular formula is C15H19N3S. The minimum atomic E-state index is 0.627. The third kappa shape index (κ3) is 3.33. The minimum absolute atomic E-state index is 0.627. The Morgan fingerprint density at radius 2 is 2.00 bits per heavy atom. The molecule has 0 aliphatic carbocycles. The van der Waals surface area contributed by atoms with Gasteiger partial charge in [0, 0.05) is 36.7 Å². The fourth-order valence-electron chi connectivity index (χ4n) is 2.55. The van der Waals surface area contributed by atoms with Crippen molar-refractivity contribution in [2.45, 2.75) is 25.4 Å². The smallest absolute Gasteiger partial charge is 0.0795 e. The van der Waals surface area contributed by atoms with Gasteiger partial charge in [-0.15, -0.1) is 11.3 Å². The Bertz CT molecular complexity index is 475. The number of aromatic nitrogens is 1. The van der Waals surface area contributed by atoms with E-state index in [-0.39, 0.29) is 0 Å². The van der Waals surface area contributed by atoms with Crippen LogP contribution in [0.1, 0.15) is 18.5 Å². The predicted molar refractivity (Wildman–Crippen MR) is 80.6 cm³/mol. The molecule has 3 rings (SSSR count). The molecule has 0 saturated carbocycles. The summed E-state index contributed by atoms with van der Waals surface area (Å²) in [5.41, 5.74) is 4.41. The Morgan fingerprint density at radius 3 is 2.68 bits per heavy atom. The van der Waals surface area contributed by atoms with Crippen LogP contribution >= 0.6 is 11.3 Å². The van der Waals surface area contributed by atoms with Crippen LogP contribution in [0.5, 0.6) is 0 Å². The fourth-order valence-corrected chi connectivity index (χ4v) is 3.11. The summed E-state index contributed by atoms with van der Waals surface area (Å²) >= 11 is 1.66. The average Bonchev–Trinajstić information content (AvgIpc) is 3.00.